The van der Waals surface area contributed by atoms with Crippen molar-refractivity contribution in [3.63, 3.8) is 0 Å². The first-order valence-corrected chi connectivity index (χ1v) is 7.39. The van der Waals surface area contributed by atoms with Gasteiger partial charge in [-0.15, -0.1) is 0 Å². The molecule has 0 amide bonds. The quantitative estimate of drug-likeness (QED) is 0.912. The molecule has 0 aliphatic heterocycles. The van der Waals surface area contributed by atoms with Crippen molar-refractivity contribution < 1.29 is 0 Å². The molecule has 0 radical (unpaired) electrons. The Hall–Kier alpha value is -1.32. The second-order valence-corrected chi connectivity index (χ2v) is 5.52. The number of rotatable bonds is 5. The van der Waals surface area contributed by atoms with Gasteiger partial charge in [0.2, 0.25) is 0 Å². The van der Waals surface area contributed by atoms with Crippen molar-refractivity contribution in [3.05, 3.63) is 51.8 Å². The maximum absolute atomic E-state index is 6.37. The highest BCUT2D eigenvalue weighted by atomic mass is 35.5. The Kier molecular flexibility index (Phi) is 4.84. The van der Waals surface area contributed by atoms with Crippen molar-refractivity contribution in [3.8, 4) is 0 Å². The van der Waals surface area contributed by atoms with Crippen LogP contribution in [0.1, 0.15) is 35.5 Å². The number of nitrogens with zero attached hydrogens (tertiary/aromatic N) is 2. The van der Waals surface area contributed by atoms with Crippen LogP contribution in [0.2, 0.25) is 5.02 Å². The number of aryl methyl sites for hydroxylation is 3. The molecule has 1 aromatic heterocycles. The SMILES string of the molecule is CCNC(Cc1c(Cl)c(C)nn1C)c1ccccc1C. The number of hydrogen-bond donors (Lipinski definition) is 1. The van der Waals surface area contributed by atoms with E-state index in [0.29, 0.717) is 0 Å². The molecule has 1 atom stereocenters. The molecule has 20 heavy (non-hydrogen) atoms. The van der Waals surface area contributed by atoms with Crippen molar-refractivity contribution in [1.29, 1.82) is 0 Å². The van der Waals surface area contributed by atoms with Crippen molar-refractivity contribution in [2.24, 2.45) is 7.05 Å². The Morgan fingerprint density at radius 1 is 1.30 bits per heavy atom. The minimum absolute atomic E-state index is 0.258. The van der Waals surface area contributed by atoms with Crippen LogP contribution in [0.25, 0.3) is 0 Å². The smallest absolute Gasteiger partial charge is 0.0847 e. The number of benzene rings is 1. The number of nitrogens with one attached hydrogen (secondary N) is 1. The van der Waals surface area contributed by atoms with Gasteiger partial charge in [-0.05, 0) is 31.5 Å². The van der Waals surface area contributed by atoms with E-state index in [0.717, 1.165) is 29.4 Å². The molecule has 0 aliphatic rings. The van der Waals surface area contributed by atoms with E-state index in [1.807, 2.05) is 18.7 Å². The second-order valence-electron chi connectivity index (χ2n) is 5.14. The zero-order valence-electron chi connectivity index (χ0n) is 12.6. The molecule has 0 aliphatic carbocycles. The average Bonchev–Trinajstić information content (AvgIpc) is 2.65. The minimum atomic E-state index is 0.258. The van der Waals surface area contributed by atoms with E-state index in [-0.39, 0.29) is 6.04 Å². The van der Waals surface area contributed by atoms with Gasteiger partial charge in [0.25, 0.3) is 0 Å². The fourth-order valence-electron chi connectivity index (χ4n) is 2.61. The fourth-order valence-corrected chi connectivity index (χ4v) is 2.85. The van der Waals surface area contributed by atoms with Crippen LogP contribution in [0.5, 0.6) is 0 Å². The van der Waals surface area contributed by atoms with Gasteiger partial charge in [-0.2, -0.15) is 5.10 Å². The Balaban J connectivity index is 2.33. The highest BCUT2D eigenvalue weighted by molar-refractivity contribution is 6.31. The van der Waals surface area contributed by atoms with Crippen molar-refractivity contribution in [1.82, 2.24) is 15.1 Å². The third-order valence-electron chi connectivity index (χ3n) is 3.67. The summed E-state index contributed by atoms with van der Waals surface area (Å²) in [6.45, 7) is 7.15. The molecule has 0 bridgehead atoms. The predicted molar refractivity (Wildman–Crippen MR) is 84.3 cm³/mol. The second kappa shape index (κ2) is 6.42. The Morgan fingerprint density at radius 2 is 2.00 bits per heavy atom. The van der Waals surface area contributed by atoms with Gasteiger partial charge in [-0.25, -0.2) is 0 Å². The number of hydrogen-bond acceptors (Lipinski definition) is 2. The predicted octanol–water partition coefficient (Wildman–Crippen LogP) is 3.58. The van der Waals surface area contributed by atoms with E-state index in [2.05, 4.69) is 48.5 Å². The highest BCUT2D eigenvalue weighted by Crippen LogP contribution is 2.27. The summed E-state index contributed by atoms with van der Waals surface area (Å²) in [6, 6.07) is 8.75. The van der Waals surface area contributed by atoms with Crippen LogP contribution in [0.3, 0.4) is 0 Å². The molecule has 1 aromatic carbocycles. The average molecular weight is 292 g/mol. The maximum atomic E-state index is 6.37. The number of aromatic nitrogens is 2. The molecule has 108 valence electrons. The van der Waals surface area contributed by atoms with Gasteiger partial charge in [0, 0.05) is 19.5 Å². The topological polar surface area (TPSA) is 29.9 Å². The largest absolute Gasteiger partial charge is 0.310 e. The molecule has 1 unspecified atom stereocenters. The molecule has 4 heteroatoms. The lowest BCUT2D eigenvalue weighted by atomic mass is 9.97. The summed E-state index contributed by atoms with van der Waals surface area (Å²) in [5.74, 6) is 0. The summed E-state index contributed by atoms with van der Waals surface area (Å²) in [4.78, 5) is 0. The summed E-state index contributed by atoms with van der Waals surface area (Å²) in [7, 11) is 1.95. The van der Waals surface area contributed by atoms with Crippen LogP contribution < -0.4 is 5.32 Å². The molecule has 1 N–H and O–H groups in total. The first kappa shape index (κ1) is 15.1. The van der Waals surface area contributed by atoms with Crippen LogP contribution in [0, 0.1) is 13.8 Å². The first-order chi connectivity index (χ1) is 9.54. The van der Waals surface area contributed by atoms with Crippen LogP contribution >= 0.6 is 11.6 Å². The summed E-state index contributed by atoms with van der Waals surface area (Å²) in [5.41, 5.74) is 4.60. The van der Waals surface area contributed by atoms with Crippen LogP contribution in [0.4, 0.5) is 0 Å². The summed E-state index contributed by atoms with van der Waals surface area (Å²) < 4.78 is 1.89. The molecule has 0 fully saturated rings. The van der Waals surface area contributed by atoms with E-state index in [4.69, 9.17) is 11.6 Å². The normalized spacial score (nSPS) is 12.7. The van der Waals surface area contributed by atoms with Gasteiger partial charge in [0.05, 0.1) is 16.4 Å². The molecule has 1 heterocycles. The van der Waals surface area contributed by atoms with E-state index < -0.39 is 0 Å². The Morgan fingerprint density at radius 3 is 2.55 bits per heavy atom. The monoisotopic (exact) mass is 291 g/mol. The number of likely N-dealkylation sites (N-methyl/N-ethyl adjacent to an activating group) is 1. The Bertz CT molecular complexity index is 589. The molecular weight excluding hydrogens is 270 g/mol. The lowest BCUT2D eigenvalue weighted by Gasteiger charge is -2.20. The van der Waals surface area contributed by atoms with E-state index in [1.54, 1.807) is 0 Å². The molecule has 0 saturated carbocycles. The lowest BCUT2D eigenvalue weighted by molar-refractivity contribution is 0.527. The van der Waals surface area contributed by atoms with Crippen LogP contribution in [-0.2, 0) is 13.5 Å². The first-order valence-electron chi connectivity index (χ1n) is 7.01. The van der Waals surface area contributed by atoms with Crippen molar-refractivity contribution >= 4 is 11.6 Å². The summed E-state index contributed by atoms with van der Waals surface area (Å²) in [6.07, 6.45) is 0.842. The summed E-state index contributed by atoms with van der Waals surface area (Å²) in [5, 5.41) is 8.73. The zero-order valence-corrected chi connectivity index (χ0v) is 13.3. The zero-order chi connectivity index (χ0) is 14.7. The highest BCUT2D eigenvalue weighted by Gasteiger charge is 2.18. The summed E-state index contributed by atoms with van der Waals surface area (Å²) >= 11 is 6.37. The van der Waals surface area contributed by atoms with E-state index in [1.165, 1.54) is 11.1 Å². The third kappa shape index (κ3) is 3.05. The van der Waals surface area contributed by atoms with Gasteiger partial charge in [0.1, 0.15) is 0 Å². The minimum Gasteiger partial charge on any atom is -0.310 e. The van der Waals surface area contributed by atoms with Crippen molar-refractivity contribution in [2.75, 3.05) is 6.54 Å². The van der Waals surface area contributed by atoms with Gasteiger partial charge in [-0.3, -0.25) is 4.68 Å². The van der Waals surface area contributed by atoms with E-state index >= 15 is 0 Å². The van der Waals surface area contributed by atoms with Gasteiger partial charge >= 0.3 is 0 Å². The Labute approximate surface area is 126 Å². The molecule has 3 nitrogen and oxygen atoms in total. The fraction of sp³-hybridized carbons (Fsp3) is 0.438. The van der Waals surface area contributed by atoms with Crippen molar-refractivity contribution in [2.45, 2.75) is 33.2 Å². The van der Waals surface area contributed by atoms with Crippen LogP contribution in [0.15, 0.2) is 24.3 Å². The van der Waals surface area contributed by atoms with Gasteiger partial charge in [-0.1, -0.05) is 42.8 Å². The standard InChI is InChI=1S/C16H22ClN3/c1-5-18-14(13-9-7-6-8-11(13)2)10-15-16(17)12(3)19-20(15)4/h6-9,14,18H,5,10H2,1-4H3. The third-order valence-corrected chi connectivity index (χ3v) is 4.17. The van der Waals surface area contributed by atoms with Gasteiger partial charge < -0.3 is 5.32 Å². The molecule has 2 rings (SSSR count). The molecule has 2 aromatic rings. The molecule has 0 spiro atoms. The van der Waals surface area contributed by atoms with Gasteiger partial charge in [0.15, 0.2) is 0 Å². The van der Waals surface area contributed by atoms with Crippen LogP contribution in [-0.4, -0.2) is 16.3 Å². The molecular formula is C16H22ClN3. The maximum Gasteiger partial charge on any atom is 0.0847 e. The molecule has 0 saturated heterocycles. The lowest BCUT2D eigenvalue weighted by Crippen LogP contribution is -2.24. The van der Waals surface area contributed by atoms with E-state index in [9.17, 15) is 0 Å². The number of halogens is 1.